The van der Waals surface area contributed by atoms with Gasteiger partial charge in [0.1, 0.15) is 5.69 Å². The Morgan fingerprint density at radius 2 is 2.32 bits per heavy atom. The maximum Gasteiger partial charge on any atom is 0.190 e. The van der Waals surface area contributed by atoms with E-state index in [0.717, 1.165) is 31.0 Å². The number of nitrogens with zero attached hydrogens (tertiary/aromatic N) is 3. The number of hydrogen-bond acceptors (Lipinski definition) is 5. The number of anilines is 1. The summed E-state index contributed by atoms with van der Waals surface area (Å²) in [6.07, 6.45) is 2.76. The van der Waals surface area contributed by atoms with Crippen LogP contribution in [0, 0.1) is 0 Å². The highest BCUT2D eigenvalue weighted by atomic mass is 32.2. The van der Waals surface area contributed by atoms with Crippen molar-refractivity contribution in [3.05, 3.63) is 24.0 Å². The Morgan fingerprint density at radius 1 is 1.53 bits per heavy atom. The van der Waals surface area contributed by atoms with E-state index in [1.807, 2.05) is 23.9 Å². The van der Waals surface area contributed by atoms with Gasteiger partial charge in [-0.05, 0) is 18.6 Å². The third-order valence-corrected chi connectivity index (χ3v) is 4.69. The average Bonchev–Trinajstić information content (AvgIpc) is 2.59. The number of nitrogens with two attached hydrogens (primary N) is 1. The number of thioether (sulfide) groups is 1. The first-order valence-electron chi connectivity index (χ1n) is 6.35. The zero-order valence-electron chi connectivity index (χ0n) is 11.3. The van der Waals surface area contributed by atoms with Crippen molar-refractivity contribution < 1.29 is 5.21 Å². The summed E-state index contributed by atoms with van der Waals surface area (Å²) in [7, 11) is 0. The maximum absolute atomic E-state index is 8.85. The van der Waals surface area contributed by atoms with Gasteiger partial charge in [-0.1, -0.05) is 19.0 Å². The lowest BCUT2D eigenvalue weighted by atomic mass is 10.1. The molecule has 6 heteroatoms. The van der Waals surface area contributed by atoms with E-state index in [4.69, 9.17) is 10.9 Å². The van der Waals surface area contributed by atoms with Crippen molar-refractivity contribution in [3.8, 4) is 0 Å². The highest BCUT2D eigenvalue weighted by molar-refractivity contribution is 8.00. The average molecular weight is 280 g/mol. The zero-order chi connectivity index (χ0) is 13.9. The standard InChI is InChI=1S/C13H20N4OS/c1-13(2)5-7-17(8-9-19-13)10-4-3-6-15-11(10)12(14)16-18/h3-4,6,18H,5,7-9H2,1-2H3,(H2,14,16). The van der Waals surface area contributed by atoms with Crippen molar-refractivity contribution in [2.75, 3.05) is 23.7 Å². The minimum Gasteiger partial charge on any atom is -0.409 e. The van der Waals surface area contributed by atoms with E-state index in [9.17, 15) is 0 Å². The predicted octanol–water partition coefficient (Wildman–Crippen LogP) is 1.90. The van der Waals surface area contributed by atoms with Crippen LogP contribution in [0.4, 0.5) is 5.69 Å². The quantitative estimate of drug-likeness (QED) is 0.374. The largest absolute Gasteiger partial charge is 0.409 e. The van der Waals surface area contributed by atoms with Crippen molar-refractivity contribution in [1.82, 2.24) is 4.98 Å². The van der Waals surface area contributed by atoms with E-state index in [1.165, 1.54) is 0 Å². The SMILES string of the molecule is CC1(C)CCN(c2cccnc2/C(N)=N/O)CCS1. The summed E-state index contributed by atoms with van der Waals surface area (Å²) < 4.78 is 0.299. The molecule has 0 amide bonds. The van der Waals surface area contributed by atoms with Gasteiger partial charge in [0.05, 0.1) is 5.69 Å². The van der Waals surface area contributed by atoms with Gasteiger partial charge in [0.2, 0.25) is 0 Å². The molecule has 1 aromatic heterocycles. The molecule has 0 unspecified atom stereocenters. The molecule has 3 N–H and O–H groups in total. The molecular formula is C13H20N4OS. The topological polar surface area (TPSA) is 74.7 Å². The molecule has 0 aliphatic carbocycles. The van der Waals surface area contributed by atoms with E-state index in [0.29, 0.717) is 10.4 Å². The summed E-state index contributed by atoms with van der Waals surface area (Å²) in [4.78, 5) is 6.49. The van der Waals surface area contributed by atoms with Crippen molar-refractivity contribution in [2.45, 2.75) is 25.0 Å². The Morgan fingerprint density at radius 3 is 3.05 bits per heavy atom. The van der Waals surface area contributed by atoms with E-state index in [2.05, 4.69) is 28.9 Å². The number of aromatic nitrogens is 1. The Labute approximate surface area is 117 Å². The number of rotatable bonds is 2. The van der Waals surface area contributed by atoms with Crippen LogP contribution in [0.3, 0.4) is 0 Å². The van der Waals surface area contributed by atoms with Gasteiger partial charge in [-0.2, -0.15) is 11.8 Å². The number of pyridine rings is 1. The molecule has 0 spiro atoms. The fourth-order valence-electron chi connectivity index (χ4n) is 2.16. The number of oxime groups is 1. The van der Waals surface area contributed by atoms with E-state index in [1.54, 1.807) is 6.20 Å². The summed E-state index contributed by atoms with van der Waals surface area (Å²) in [5.41, 5.74) is 7.19. The van der Waals surface area contributed by atoms with Crippen LogP contribution in [-0.4, -0.2) is 39.6 Å². The fraction of sp³-hybridized carbons (Fsp3) is 0.538. The third-order valence-electron chi connectivity index (χ3n) is 3.32. The van der Waals surface area contributed by atoms with Gasteiger partial charge in [0.15, 0.2) is 5.84 Å². The van der Waals surface area contributed by atoms with Gasteiger partial charge in [0.25, 0.3) is 0 Å². The van der Waals surface area contributed by atoms with Gasteiger partial charge in [-0.25, -0.2) is 0 Å². The molecule has 5 nitrogen and oxygen atoms in total. The van der Waals surface area contributed by atoms with Gasteiger partial charge < -0.3 is 15.8 Å². The van der Waals surface area contributed by atoms with Gasteiger partial charge >= 0.3 is 0 Å². The Hall–Kier alpha value is -1.43. The van der Waals surface area contributed by atoms with Crippen molar-refractivity contribution in [3.63, 3.8) is 0 Å². The first kappa shape index (κ1) is 14.0. The molecular weight excluding hydrogens is 260 g/mol. The predicted molar refractivity (Wildman–Crippen MR) is 80.1 cm³/mol. The minimum absolute atomic E-state index is 0.0618. The molecule has 1 fully saturated rings. The van der Waals surface area contributed by atoms with Crippen LogP contribution in [0.5, 0.6) is 0 Å². The Bertz CT molecular complexity index is 475. The van der Waals surface area contributed by atoms with Crippen LogP contribution in [0.1, 0.15) is 26.0 Å². The molecule has 0 saturated carbocycles. The molecule has 1 saturated heterocycles. The summed E-state index contributed by atoms with van der Waals surface area (Å²) in [5, 5.41) is 11.9. The molecule has 2 heterocycles. The van der Waals surface area contributed by atoms with Crippen molar-refractivity contribution in [1.29, 1.82) is 0 Å². The molecule has 0 atom stereocenters. The summed E-state index contributed by atoms with van der Waals surface area (Å²) in [6, 6.07) is 3.86. The second kappa shape index (κ2) is 5.69. The lowest BCUT2D eigenvalue weighted by Gasteiger charge is -2.25. The molecule has 1 aliphatic heterocycles. The lowest BCUT2D eigenvalue weighted by Crippen LogP contribution is -2.30. The zero-order valence-corrected chi connectivity index (χ0v) is 12.2. The normalized spacial score (nSPS) is 20.1. The monoisotopic (exact) mass is 280 g/mol. The maximum atomic E-state index is 8.85. The minimum atomic E-state index is 0.0618. The van der Waals surface area contributed by atoms with Crippen molar-refractivity contribution >= 4 is 23.3 Å². The van der Waals surface area contributed by atoms with Crippen LogP contribution in [-0.2, 0) is 0 Å². The first-order valence-corrected chi connectivity index (χ1v) is 7.34. The fourth-order valence-corrected chi connectivity index (χ4v) is 3.26. The highest BCUT2D eigenvalue weighted by Crippen LogP contribution is 2.32. The van der Waals surface area contributed by atoms with Gasteiger partial charge in [0, 0.05) is 29.8 Å². The highest BCUT2D eigenvalue weighted by Gasteiger charge is 2.25. The number of hydrogen-bond donors (Lipinski definition) is 2. The molecule has 104 valence electrons. The van der Waals surface area contributed by atoms with E-state index >= 15 is 0 Å². The molecule has 0 aromatic carbocycles. The number of amidine groups is 1. The second-order valence-electron chi connectivity index (χ2n) is 5.20. The molecule has 1 aliphatic rings. The molecule has 2 rings (SSSR count). The molecule has 1 aromatic rings. The smallest absolute Gasteiger partial charge is 0.190 e. The lowest BCUT2D eigenvalue weighted by molar-refractivity contribution is 0.318. The second-order valence-corrected chi connectivity index (χ2v) is 7.00. The van der Waals surface area contributed by atoms with Gasteiger partial charge in [-0.3, -0.25) is 4.98 Å². The Kier molecular flexibility index (Phi) is 4.19. The van der Waals surface area contributed by atoms with Crippen LogP contribution in [0.15, 0.2) is 23.5 Å². The summed E-state index contributed by atoms with van der Waals surface area (Å²) >= 11 is 1.99. The molecule has 19 heavy (non-hydrogen) atoms. The van der Waals surface area contributed by atoms with Crippen LogP contribution in [0.25, 0.3) is 0 Å². The van der Waals surface area contributed by atoms with Crippen LogP contribution in [0.2, 0.25) is 0 Å². The third kappa shape index (κ3) is 3.32. The van der Waals surface area contributed by atoms with Crippen LogP contribution < -0.4 is 10.6 Å². The van der Waals surface area contributed by atoms with Crippen molar-refractivity contribution in [2.24, 2.45) is 10.9 Å². The molecule has 0 bridgehead atoms. The van der Waals surface area contributed by atoms with E-state index < -0.39 is 0 Å². The van der Waals surface area contributed by atoms with E-state index in [-0.39, 0.29) is 5.84 Å². The Balaban J connectivity index is 2.27. The molecule has 0 radical (unpaired) electrons. The summed E-state index contributed by atoms with van der Waals surface area (Å²) in [6.45, 7) is 6.45. The summed E-state index contributed by atoms with van der Waals surface area (Å²) in [5.74, 6) is 1.13. The van der Waals surface area contributed by atoms with Crippen LogP contribution >= 0.6 is 11.8 Å². The first-order chi connectivity index (χ1) is 9.03. The van der Waals surface area contributed by atoms with Gasteiger partial charge in [-0.15, -0.1) is 0 Å².